The van der Waals surface area contributed by atoms with Crippen molar-refractivity contribution in [3.05, 3.63) is 0 Å². The maximum absolute atomic E-state index is 12.7. The third-order valence-electron chi connectivity index (χ3n) is 4.16. The molecule has 1 atom stereocenters. The highest BCUT2D eigenvalue weighted by molar-refractivity contribution is 5.68. The number of amides is 1. The lowest BCUT2D eigenvalue weighted by Gasteiger charge is -2.40. The first-order chi connectivity index (χ1) is 9.51. The van der Waals surface area contributed by atoms with Gasteiger partial charge in [-0.2, -0.15) is 13.2 Å². The van der Waals surface area contributed by atoms with Gasteiger partial charge in [-0.05, 0) is 46.5 Å². The van der Waals surface area contributed by atoms with Gasteiger partial charge >= 0.3 is 12.3 Å². The number of hydrogen-bond acceptors (Lipinski definition) is 3. The number of likely N-dealkylation sites (tertiary alicyclic amines) is 1. The van der Waals surface area contributed by atoms with Crippen LogP contribution in [0.3, 0.4) is 0 Å². The molecule has 122 valence electrons. The molecular weight excluding hydrogens is 285 g/mol. The molecule has 1 spiro atoms. The lowest BCUT2D eigenvalue weighted by atomic mass is 9.86. The molecule has 7 heteroatoms. The van der Waals surface area contributed by atoms with Gasteiger partial charge in [-0.25, -0.2) is 4.79 Å². The van der Waals surface area contributed by atoms with Crippen LogP contribution in [0.25, 0.3) is 0 Å². The number of hydrogen-bond donors (Lipinski definition) is 1. The maximum Gasteiger partial charge on any atom is 0.410 e. The summed E-state index contributed by atoms with van der Waals surface area (Å²) in [4.78, 5) is 13.5. The summed E-state index contributed by atoms with van der Waals surface area (Å²) in [6, 6.07) is -1.41. The first-order valence-electron chi connectivity index (χ1n) is 7.33. The van der Waals surface area contributed by atoms with E-state index in [0.717, 1.165) is 0 Å². The van der Waals surface area contributed by atoms with Crippen LogP contribution in [0.5, 0.6) is 0 Å². The summed E-state index contributed by atoms with van der Waals surface area (Å²) in [6.45, 7) is 6.26. The minimum absolute atomic E-state index is 0.121. The molecule has 0 radical (unpaired) electrons. The molecule has 2 fully saturated rings. The third-order valence-corrected chi connectivity index (χ3v) is 4.16. The van der Waals surface area contributed by atoms with Crippen molar-refractivity contribution in [1.29, 1.82) is 0 Å². The van der Waals surface area contributed by atoms with Crippen molar-refractivity contribution >= 4 is 6.09 Å². The van der Waals surface area contributed by atoms with Crippen molar-refractivity contribution in [2.75, 3.05) is 13.1 Å². The predicted octanol–water partition coefficient (Wildman–Crippen LogP) is 3.07. The lowest BCUT2D eigenvalue weighted by molar-refractivity contribution is -0.154. The Bertz CT molecular complexity index is 396. The minimum atomic E-state index is -4.19. The first-order valence-corrected chi connectivity index (χ1v) is 7.33. The number of piperidine rings is 1. The fourth-order valence-electron chi connectivity index (χ4n) is 3.02. The molecule has 2 aliphatic rings. The Morgan fingerprint density at radius 1 is 1.19 bits per heavy atom. The van der Waals surface area contributed by atoms with Crippen LogP contribution in [0.4, 0.5) is 18.0 Å². The second-order valence-corrected chi connectivity index (χ2v) is 7.02. The number of ether oxygens (including phenoxy) is 1. The van der Waals surface area contributed by atoms with Crippen molar-refractivity contribution in [3.8, 4) is 0 Å². The van der Waals surface area contributed by atoms with Crippen LogP contribution in [0, 0.1) is 0 Å². The third kappa shape index (κ3) is 4.02. The van der Waals surface area contributed by atoms with Gasteiger partial charge in [0.05, 0.1) is 0 Å². The van der Waals surface area contributed by atoms with E-state index < -0.39 is 23.4 Å². The van der Waals surface area contributed by atoms with Crippen molar-refractivity contribution in [1.82, 2.24) is 10.2 Å². The van der Waals surface area contributed by atoms with E-state index in [0.29, 0.717) is 32.4 Å². The van der Waals surface area contributed by atoms with Crippen molar-refractivity contribution in [2.24, 2.45) is 0 Å². The van der Waals surface area contributed by atoms with Gasteiger partial charge in [0.1, 0.15) is 11.6 Å². The van der Waals surface area contributed by atoms with Crippen LogP contribution in [0.1, 0.15) is 46.5 Å². The van der Waals surface area contributed by atoms with Gasteiger partial charge in [-0.1, -0.05) is 0 Å². The fourth-order valence-corrected chi connectivity index (χ4v) is 3.02. The number of rotatable bonds is 0. The Hall–Kier alpha value is -0.980. The summed E-state index contributed by atoms with van der Waals surface area (Å²) in [7, 11) is 0. The predicted molar refractivity (Wildman–Crippen MR) is 72.0 cm³/mol. The van der Waals surface area contributed by atoms with Gasteiger partial charge in [0.15, 0.2) is 0 Å². The highest BCUT2D eigenvalue weighted by Crippen LogP contribution is 2.38. The molecule has 1 amide bonds. The second-order valence-electron chi connectivity index (χ2n) is 7.02. The number of halogens is 3. The summed E-state index contributed by atoms with van der Waals surface area (Å²) in [5.74, 6) is 0. The number of carbonyl (C=O) groups excluding carboxylic acids is 1. The molecule has 0 saturated carbocycles. The van der Waals surface area contributed by atoms with Crippen LogP contribution < -0.4 is 5.32 Å². The smallest absolute Gasteiger partial charge is 0.410 e. The Balaban J connectivity index is 1.88. The summed E-state index contributed by atoms with van der Waals surface area (Å²) in [6.07, 6.45) is -2.86. The van der Waals surface area contributed by atoms with Gasteiger partial charge in [-0.3, -0.25) is 0 Å². The Morgan fingerprint density at radius 3 is 2.19 bits per heavy atom. The zero-order chi connectivity index (χ0) is 15.9. The number of nitrogens with one attached hydrogen (secondary N) is 1. The van der Waals surface area contributed by atoms with E-state index in [2.05, 4.69) is 5.32 Å². The van der Waals surface area contributed by atoms with Crippen molar-refractivity contribution in [3.63, 3.8) is 0 Å². The van der Waals surface area contributed by atoms with Crippen LogP contribution in [0.2, 0.25) is 0 Å². The zero-order valence-electron chi connectivity index (χ0n) is 12.7. The van der Waals surface area contributed by atoms with Crippen LogP contribution in [-0.2, 0) is 4.74 Å². The average Bonchev–Trinajstić information content (AvgIpc) is 2.72. The Morgan fingerprint density at radius 2 is 1.76 bits per heavy atom. The molecule has 4 nitrogen and oxygen atoms in total. The average molecular weight is 308 g/mol. The van der Waals surface area contributed by atoms with E-state index in [-0.39, 0.29) is 12.5 Å². The highest BCUT2D eigenvalue weighted by Gasteiger charge is 2.50. The molecule has 0 aliphatic carbocycles. The van der Waals surface area contributed by atoms with E-state index in [9.17, 15) is 18.0 Å². The summed E-state index contributed by atoms with van der Waals surface area (Å²) in [5, 5.41) is 2.75. The molecule has 0 aromatic carbocycles. The topological polar surface area (TPSA) is 41.6 Å². The summed E-state index contributed by atoms with van der Waals surface area (Å²) in [5.41, 5.74) is -1.03. The monoisotopic (exact) mass is 308 g/mol. The molecule has 0 bridgehead atoms. The highest BCUT2D eigenvalue weighted by atomic mass is 19.4. The molecule has 2 heterocycles. The van der Waals surface area contributed by atoms with E-state index in [1.165, 1.54) is 0 Å². The molecule has 21 heavy (non-hydrogen) atoms. The van der Waals surface area contributed by atoms with Crippen LogP contribution >= 0.6 is 0 Å². The normalized spacial score (nSPS) is 26.2. The molecule has 2 aliphatic heterocycles. The minimum Gasteiger partial charge on any atom is -0.444 e. The van der Waals surface area contributed by atoms with Gasteiger partial charge in [0.25, 0.3) is 0 Å². The molecule has 0 aromatic rings. The molecule has 2 rings (SSSR count). The van der Waals surface area contributed by atoms with Crippen LogP contribution in [-0.4, -0.2) is 47.4 Å². The van der Waals surface area contributed by atoms with Gasteiger partial charge < -0.3 is 15.0 Å². The standard InChI is InChI=1S/C14H23F3N2O2/c1-12(2,3)21-11(20)19-8-6-13(7-9-19)5-4-10(18-13)14(15,16)17/h10,18H,4-9H2,1-3H3/t10-/m1/s1. The van der Waals surface area contributed by atoms with Gasteiger partial charge in [0, 0.05) is 18.6 Å². The lowest BCUT2D eigenvalue weighted by Crippen LogP contribution is -2.55. The summed E-state index contributed by atoms with van der Waals surface area (Å²) >= 11 is 0. The summed E-state index contributed by atoms with van der Waals surface area (Å²) < 4.78 is 43.5. The Kier molecular flexibility index (Phi) is 4.17. The van der Waals surface area contributed by atoms with E-state index >= 15 is 0 Å². The second kappa shape index (κ2) is 5.34. The van der Waals surface area contributed by atoms with E-state index in [1.54, 1.807) is 25.7 Å². The van der Waals surface area contributed by atoms with Crippen molar-refractivity contribution in [2.45, 2.75) is 69.8 Å². The molecule has 1 N–H and O–H groups in total. The fraction of sp³-hybridized carbons (Fsp3) is 0.929. The maximum atomic E-state index is 12.7. The van der Waals surface area contributed by atoms with E-state index in [1.807, 2.05) is 0 Å². The molecule has 2 saturated heterocycles. The van der Waals surface area contributed by atoms with Gasteiger partial charge in [0.2, 0.25) is 0 Å². The largest absolute Gasteiger partial charge is 0.444 e. The Labute approximate surface area is 123 Å². The number of nitrogens with zero attached hydrogens (tertiary/aromatic N) is 1. The first kappa shape index (κ1) is 16.4. The number of alkyl halides is 3. The van der Waals surface area contributed by atoms with Gasteiger partial charge in [-0.15, -0.1) is 0 Å². The molecule has 0 unspecified atom stereocenters. The van der Waals surface area contributed by atoms with Crippen LogP contribution in [0.15, 0.2) is 0 Å². The quantitative estimate of drug-likeness (QED) is 0.748. The number of carbonyl (C=O) groups is 1. The molecule has 0 aromatic heterocycles. The SMILES string of the molecule is CC(C)(C)OC(=O)N1CCC2(CC[C@H](C(F)(F)F)N2)CC1. The van der Waals surface area contributed by atoms with Crippen molar-refractivity contribution < 1.29 is 22.7 Å². The van der Waals surface area contributed by atoms with E-state index in [4.69, 9.17) is 4.74 Å². The zero-order valence-corrected chi connectivity index (χ0v) is 12.7. The molecular formula is C14H23F3N2O2.